The molecular weight excluding hydrogens is 352 g/mol. The van der Waals surface area contributed by atoms with E-state index in [1.165, 1.54) is 36.4 Å². The van der Waals surface area contributed by atoms with Gasteiger partial charge in [-0.2, -0.15) is 0 Å². The predicted molar refractivity (Wildman–Crippen MR) is 93.7 cm³/mol. The van der Waals surface area contributed by atoms with E-state index in [-0.39, 0.29) is 33.2 Å². The molecule has 1 aliphatic carbocycles. The quantitative estimate of drug-likeness (QED) is 0.315. The minimum Gasteiger partial charge on any atom is -0.507 e. The number of hydrogen-bond donors (Lipinski definition) is 4. The van der Waals surface area contributed by atoms with Crippen molar-refractivity contribution in [1.82, 2.24) is 0 Å². The van der Waals surface area contributed by atoms with Gasteiger partial charge in [-0.25, -0.2) is 0 Å². The van der Waals surface area contributed by atoms with Crippen molar-refractivity contribution < 1.29 is 34.8 Å². The van der Waals surface area contributed by atoms with Crippen LogP contribution < -0.4 is 0 Å². The monoisotopic (exact) mass is 364 g/mol. The minimum atomic E-state index is -0.756. The van der Waals surface area contributed by atoms with E-state index in [1.807, 2.05) is 0 Å². The Balaban J connectivity index is 2.07. The molecule has 27 heavy (non-hydrogen) atoms. The normalized spacial score (nSPS) is 12.8. The summed E-state index contributed by atoms with van der Waals surface area (Å²) >= 11 is 0. The molecule has 0 bridgehead atoms. The van der Waals surface area contributed by atoms with Gasteiger partial charge in [-0.1, -0.05) is 18.2 Å². The van der Waals surface area contributed by atoms with Gasteiger partial charge in [0.1, 0.15) is 23.9 Å². The van der Waals surface area contributed by atoms with Crippen LogP contribution in [-0.2, 0) is 0 Å². The molecular formula is C20H12O7. The number of benzene rings is 3. The molecule has 4 rings (SSSR count). The van der Waals surface area contributed by atoms with Crippen molar-refractivity contribution in [3.63, 3.8) is 0 Å². The Morgan fingerprint density at radius 2 is 1.52 bits per heavy atom. The number of ketones is 3. The van der Waals surface area contributed by atoms with Gasteiger partial charge in [0.05, 0.1) is 16.5 Å². The van der Waals surface area contributed by atoms with Gasteiger partial charge in [0.25, 0.3) is 0 Å². The van der Waals surface area contributed by atoms with Crippen LogP contribution in [0.25, 0.3) is 10.8 Å². The van der Waals surface area contributed by atoms with E-state index in [2.05, 4.69) is 0 Å². The highest BCUT2D eigenvalue weighted by Crippen LogP contribution is 2.46. The van der Waals surface area contributed by atoms with Gasteiger partial charge in [0, 0.05) is 22.1 Å². The SMILES string of the molecule is O=C(CO)c1ccc2c(c1)C(=O)c1c(c(O)c3c(O)cccc3c1O)C2=O. The topological polar surface area (TPSA) is 132 Å². The van der Waals surface area contributed by atoms with Crippen LogP contribution in [0.2, 0.25) is 0 Å². The lowest BCUT2D eigenvalue weighted by molar-refractivity contribution is 0.0902. The molecule has 3 aromatic carbocycles. The smallest absolute Gasteiger partial charge is 0.198 e. The number of aliphatic hydroxyl groups excluding tert-OH is 1. The van der Waals surface area contributed by atoms with Gasteiger partial charge in [0.2, 0.25) is 0 Å². The number of carbonyl (C=O) groups is 3. The molecule has 0 saturated heterocycles. The van der Waals surface area contributed by atoms with E-state index < -0.39 is 46.6 Å². The zero-order valence-corrected chi connectivity index (χ0v) is 13.7. The van der Waals surface area contributed by atoms with Gasteiger partial charge in [-0.15, -0.1) is 0 Å². The summed E-state index contributed by atoms with van der Waals surface area (Å²) in [5.41, 5.74) is -0.910. The number of aromatic hydroxyl groups is 3. The first kappa shape index (κ1) is 16.7. The molecule has 0 aromatic heterocycles. The lowest BCUT2D eigenvalue weighted by Gasteiger charge is -2.21. The maximum absolute atomic E-state index is 13.0. The van der Waals surface area contributed by atoms with Crippen LogP contribution in [0.15, 0.2) is 36.4 Å². The summed E-state index contributed by atoms with van der Waals surface area (Å²) < 4.78 is 0. The maximum Gasteiger partial charge on any atom is 0.198 e. The highest BCUT2D eigenvalue weighted by Gasteiger charge is 2.37. The Labute approximate surface area is 151 Å². The highest BCUT2D eigenvalue weighted by atomic mass is 16.3. The van der Waals surface area contributed by atoms with Crippen LogP contribution in [0.1, 0.15) is 42.2 Å². The Kier molecular flexibility index (Phi) is 3.50. The third-order valence-electron chi connectivity index (χ3n) is 4.69. The van der Waals surface area contributed by atoms with Crippen LogP contribution in [-0.4, -0.2) is 44.4 Å². The Morgan fingerprint density at radius 1 is 0.852 bits per heavy atom. The molecule has 0 amide bonds. The average molecular weight is 364 g/mol. The van der Waals surface area contributed by atoms with E-state index in [4.69, 9.17) is 5.11 Å². The van der Waals surface area contributed by atoms with Crippen LogP contribution >= 0.6 is 0 Å². The molecule has 0 spiro atoms. The van der Waals surface area contributed by atoms with E-state index in [1.54, 1.807) is 0 Å². The number of carbonyl (C=O) groups excluding carboxylic acids is 3. The number of hydrogen-bond acceptors (Lipinski definition) is 7. The molecule has 7 nitrogen and oxygen atoms in total. The lowest BCUT2D eigenvalue weighted by Crippen LogP contribution is -2.22. The van der Waals surface area contributed by atoms with E-state index in [0.29, 0.717) is 0 Å². The Morgan fingerprint density at radius 3 is 2.22 bits per heavy atom. The summed E-state index contributed by atoms with van der Waals surface area (Å²) in [7, 11) is 0. The number of phenols is 3. The molecule has 3 aromatic rings. The summed E-state index contributed by atoms with van der Waals surface area (Å²) in [4.78, 5) is 37.6. The summed E-state index contributed by atoms with van der Waals surface area (Å²) in [6, 6.07) is 7.83. The molecule has 0 radical (unpaired) electrons. The van der Waals surface area contributed by atoms with Crippen LogP contribution in [0, 0.1) is 0 Å². The lowest BCUT2D eigenvalue weighted by atomic mass is 9.80. The summed E-state index contributed by atoms with van der Waals surface area (Å²) in [6.45, 7) is -0.756. The number of Topliss-reactive ketones (excluding diaryl/α,β-unsaturated/α-hetero) is 1. The van der Waals surface area contributed by atoms with Crippen molar-refractivity contribution in [2.24, 2.45) is 0 Å². The molecule has 134 valence electrons. The van der Waals surface area contributed by atoms with Crippen molar-refractivity contribution in [2.45, 2.75) is 0 Å². The zero-order valence-electron chi connectivity index (χ0n) is 13.7. The first-order valence-electron chi connectivity index (χ1n) is 7.94. The number of fused-ring (bicyclic) bond motifs is 3. The third-order valence-corrected chi connectivity index (χ3v) is 4.69. The van der Waals surface area contributed by atoms with Gasteiger partial charge < -0.3 is 20.4 Å². The molecule has 0 atom stereocenters. The van der Waals surface area contributed by atoms with Crippen molar-refractivity contribution in [1.29, 1.82) is 0 Å². The molecule has 0 aliphatic heterocycles. The second-order valence-electron chi connectivity index (χ2n) is 6.15. The van der Waals surface area contributed by atoms with Gasteiger partial charge >= 0.3 is 0 Å². The largest absolute Gasteiger partial charge is 0.507 e. The van der Waals surface area contributed by atoms with Crippen molar-refractivity contribution in [3.05, 3.63) is 64.2 Å². The summed E-state index contributed by atoms with van der Waals surface area (Å²) in [5, 5.41) is 40.0. The second-order valence-corrected chi connectivity index (χ2v) is 6.15. The zero-order chi connectivity index (χ0) is 19.5. The van der Waals surface area contributed by atoms with Crippen molar-refractivity contribution in [3.8, 4) is 17.2 Å². The molecule has 4 N–H and O–H groups in total. The first-order chi connectivity index (χ1) is 12.9. The second kappa shape index (κ2) is 5.65. The van der Waals surface area contributed by atoms with Crippen molar-refractivity contribution in [2.75, 3.05) is 6.61 Å². The number of aliphatic hydroxyl groups is 1. The van der Waals surface area contributed by atoms with E-state index in [0.717, 1.165) is 0 Å². The Hall–Kier alpha value is -3.71. The van der Waals surface area contributed by atoms with Crippen LogP contribution in [0.3, 0.4) is 0 Å². The average Bonchev–Trinajstić information content (AvgIpc) is 2.67. The van der Waals surface area contributed by atoms with Crippen molar-refractivity contribution >= 4 is 28.1 Å². The van der Waals surface area contributed by atoms with Gasteiger partial charge in [-0.3, -0.25) is 14.4 Å². The maximum atomic E-state index is 13.0. The third kappa shape index (κ3) is 2.15. The molecule has 0 unspecified atom stereocenters. The Bertz CT molecular complexity index is 1190. The van der Waals surface area contributed by atoms with E-state index in [9.17, 15) is 29.7 Å². The molecule has 0 fully saturated rings. The van der Waals surface area contributed by atoms with E-state index >= 15 is 0 Å². The number of rotatable bonds is 2. The summed E-state index contributed by atoms with van der Waals surface area (Å²) in [6.07, 6.45) is 0. The highest BCUT2D eigenvalue weighted by molar-refractivity contribution is 6.33. The summed E-state index contributed by atoms with van der Waals surface area (Å²) in [5.74, 6) is -3.59. The fraction of sp³-hybridized carbons (Fsp3) is 0.0500. The first-order valence-corrected chi connectivity index (χ1v) is 7.94. The van der Waals surface area contributed by atoms with Gasteiger partial charge in [-0.05, 0) is 18.2 Å². The minimum absolute atomic E-state index is 0.0124. The fourth-order valence-electron chi connectivity index (χ4n) is 3.39. The molecule has 7 heteroatoms. The molecule has 0 saturated carbocycles. The fourth-order valence-corrected chi connectivity index (χ4v) is 3.39. The van der Waals surface area contributed by atoms with Crippen LogP contribution in [0.4, 0.5) is 0 Å². The predicted octanol–water partition coefficient (Wildman–Crippen LogP) is 1.91. The van der Waals surface area contributed by atoms with Gasteiger partial charge in [0.15, 0.2) is 17.3 Å². The molecule has 1 aliphatic rings. The van der Waals surface area contributed by atoms with Crippen LogP contribution in [0.5, 0.6) is 17.2 Å². The molecule has 0 heterocycles. The standard InChI is InChI=1S/C20H12O7/c21-7-13(23)8-4-5-9-11(6-8)19(26)15-16(17(9)24)20(27)14-10(18(15)25)2-1-3-12(14)22/h1-6,21-22,25,27H,7H2. The number of phenolic OH excluding ortho intramolecular Hbond substituents is 3.